The van der Waals surface area contributed by atoms with Crippen molar-refractivity contribution in [3.8, 4) is 11.5 Å². The topological polar surface area (TPSA) is 47.6 Å². The molecule has 0 spiro atoms. The number of ether oxygens (including phenoxy) is 2. The van der Waals surface area contributed by atoms with Crippen LogP contribution in [-0.2, 0) is 0 Å². The van der Waals surface area contributed by atoms with Crippen LogP contribution in [-0.4, -0.2) is 19.2 Å². The molecule has 0 aliphatic carbocycles. The highest BCUT2D eigenvalue weighted by Gasteiger charge is 2.20. The van der Waals surface area contributed by atoms with Crippen molar-refractivity contribution >= 4 is 5.91 Å². The molecule has 78 valence electrons. The van der Waals surface area contributed by atoms with Crippen LogP contribution in [0, 0.1) is 0 Å². The van der Waals surface area contributed by atoms with Crippen LogP contribution in [0.25, 0.3) is 0 Å². The highest BCUT2D eigenvalue weighted by molar-refractivity contribution is 5.98. The molecule has 0 aromatic heterocycles. The molecule has 1 amide bonds. The third kappa shape index (κ3) is 1.79. The van der Waals surface area contributed by atoms with E-state index in [4.69, 9.17) is 9.47 Å². The predicted molar refractivity (Wildman–Crippen MR) is 55.1 cm³/mol. The Kier molecular flexibility index (Phi) is 2.58. The van der Waals surface area contributed by atoms with E-state index >= 15 is 0 Å². The first-order valence-electron chi connectivity index (χ1n) is 4.60. The lowest BCUT2D eigenvalue weighted by Crippen LogP contribution is -2.23. The molecule has 1 heterocycles. The van der Waals surface area contributed by atoms with Gasteiger partial charge in [0.1, 0.15) is 0 Å². The van der Waals surface area contributed by atoms with E-state index in [0.29, 0.717) is 23.6 Å². The predicted octanol–water partition coefficient (Wildman–Crippen LogP) is 1.33. The van der Waals surface area contributed by atoms with E-state index in [1.54, 1.807) is 24.3 Å². The van der Waals surface area contributed by atoms with Gasteiger partial charge in [-0.05, 0) is 12.1 Å². The van der Waals surface area contributed by atoms with Gasteiger partial charge in [0.05, 0.1) is 5.56 Å². The average molecular weight is 205 g/mol. The van der Waals surface area contributed by atoms with Crippen molar-refractivity contribution in [1.82, 2.24) is 5.32 Å². The van der Waals surface area contributed by atoms with Crippen molar-refractivity contribution < 1.29 is 14.3 Å². The molecular weight excluding hydrogens is 194 g/mol. The van der Waals surface area contributed by atoms with Gasteiger partial charge in [-0.1, -0.05) is 12.1 Å². The summed E-state index contributed by atoms with van der Waals surface area (Å²) in [6.45, 7) is 4.13. The summed E-state index contributed by atoms with van der Waals surface area (Å²) < 4.78 is 10.4. The van der Waals surface area contributed by atoms with E-state index < -0.39 is 0 Å². The summed E-state index contributed by atoms with van der Waals surface area (Å²) in [4.78, 5) is 11.7. The smallest absolute Gasteiger partial charge is 0.255 e. The lowest BCUT2D eigenvalue weighted by Gasteiger charge is -2.05. The molecule has 1 aliphatic heterocycles. The Morgan fingerprint density at radius 2 is 2.40 bits per heavy atom. The summed E-state index contributed by atoms with van der Waals surface area (Å²) in [5.74, 6) is 0.942. The first-order chi connectivity index (χ1) is 7.33. The van der Waals surface area contributed by atoms with Gasteiger partial charge in [0.2, 0.25) is 6.79 Å². The van der Waals surface area contributed by atoms with Crippen LogP contribution in [0.4, 0.5) is 0 Å². The lowest BCUT2D eigenvalue weighted by molar-refractivity contribution is 0.0953. The van der Waals surface area contributed by atoms with Gasteiger partial charge in [0, 0.05) is 6.54 Å². The van der Waals surface area contributed by atoms with Crippen LogP contribution in [0.1, 0.15) is 10.4 Å². The normalized spacial score (nSPS) is 12.3. The van der Waals surface area contributed by atoms with E-state index in [-0.39, 0.29) is 12.7 Å². The number of nitrogens with one attached hydrogen (secondary N) is 1. The molecule has 1 aromatic carbocycles. The zero-order valence-electron chi connectivity index (χ0n) is 8.16. The van der Waals surface area contributed by atoms with E-state index in [2.05, 4.69) is 11.9 Å². The fourth-order valence-corrected chi connectivity index (χ4v) is 1.37. The second-order valence-corrected chi connectivity index (χ2v) is 3.04. The number of amides is 1. The fourth-order valence-electron chi connectivity index (χ4n) is 1.37. The van der Waals surface area contributed by atoms with Gasteiger partial charge < -0.3 is 14.8 Å². The largest absolute Gasteiger partial charge is 0.454 e. The van der Waals surface area contributed by atoms with E-state index in [1.165, 1.54) is 0 Å². The maximum atomic E-state index is 11.7. The molecule has 0 fully saturated rings. The molecule has 15 heavy (non-hydrogen) atoms. The Morgan fingerprint density at radius 3 is 3.20 bits per heavy atom. The molecule has 1 aromatic rings. The third-order valence-corrected chi connectivity index (χ3v) is 2.05. The van der Waals surface area contributed by atoms with Crippen LogP contribution >= 0.6 is 0 Å². The number of carbonyl (C=O) groups excluding carboxylic acids is 1. The van der Waals surface area contributed by atoms with Gasteiger partial charge in [0.25, 0.3) is 5.91 Å². The maximum Gasteiger partial charge on any atom is 0.255 e. The van der Waals surface area contributed by atoms with Gasteiger partial charge in [-0.15, -0.1) is 6.58 Å². The minimum atomic E-state index is -0.183. The molecule has 1 N–H and O–H groups in total. The average Bonchev–Trinajstić information content (AvgIpc) is 2.73. The number of fused-ring (bicyclic) bond motifs is 1. The van der Waals surface area contributed by atoms with E-state index in [9.17, 15) is 4.79 Å². The summed E-state index contributed by atoms with van der Waals surface area (Å²) >= 11 is 0. The molecule has 4 nitrogen and oxygen atoms in total. The second-order valence-electron chi connectivity index (χ2n) is 3.04. The molecule has 1 aliphatic rings. The third-order valence-electron chi connectivity index (χ3n) is 2.05. The lowest BCUT2D eigenvalue weighted by atomic mass is 10.1. The summed E-state index contributed by atoms with van der Waals surface area (Å²) in [6.07, 6.45) is 1.62. The maximum absolute atomic E-state index is 11.7. The molecular formula is C11H11NO3. The Labute approximate surface area is 87.5 Å². The summed E-state index contributed by atoms with van der Waals surface area (Å²) in [6, 6.07) is 5.23. The molecule has 2 rings (SSSR count). The van der Waals surface area contributed by atoms with Crippen LogP contribution in [0.5, 0.6) is 11.5 Å². The zero-order chi connectivity index (χ0) is 10.7. The number of hydrogen-bond acceptors (Lipinski definition) is 3. The molecule has 0 saturated carbocycles. The number of para-hydroxylation sites is 1. The van der Waals surface area contributed by atoms with Gasteiger partial charge in [-0.3, -0.25) is 4.79 Å². The monoisotopic (exact) mass is 205 g/mol. The number of benzene rings is 1. The minimum absolute atomic E-state index is 0.168. The van der Waals surface area contributed by atoms with Gasteiger partial charge >= 0.3 is 0 Å². The summed E-state index contributed by atoms with van der Waals surface area (Å²) in [5.41, 5.74) is 0.492. The SMILES string of the molecule is C=CCNC(=O)c1cccc2c1OCO2. The Hall–Kier alpha value is -1.97. The summed E-state index contributed by atoms with van der Waals surface area (Å²) in [7, 11) is 0. The van der Waals surface area contributed by atoms with Gasteiger partial charge in [-0.2, -0.15) is 0 Å². The molecule has 0 unspecified atom stereocenters. The van der Waals surface area contributed by atoms with E-state index in [0.717, 1.165) is 0 Å². The highest BCUT2D eigenvalue weighted by Crippen LogP contribution is 2.35. The van der Waals surface area contributed by atoms with Crippen LogP contribution in [0.3, 0.4) is 0 Å². The van der Waals surface area contributed by atoms with Crippen LogP contribution < -0.4 is 14.8 Å². The zero-order valence-corrected chi connectivity index (χ0v) is 8.16. The number of hydrogen-bond donors (Lipinski definition) is 1. The first kappa shape index (κ1) is 9.58. The molecule has 0 bridgehead atoms. The Morgan fingerprint density at radius 1 is 1.53 bits per heavy atom. The number of carbonyl (C=O) groups is 1. The van der Waals surface area contributed by atoms with Gasteiger partial charge in [0.15, 0.2) is 11.5 Å². The first-order valence-corrected chi connectivity index (χ1v) is 4.60. The second kappa shape index (κ2) is 4.04. The molecule has 4 heteroatoms. The van der Waals surface area contributed by atoms with Crippen LogP contribution in [0.15, 0.2) is 30.9 Å². The van der Waals surface area contributed by atoms with Crippen molar-refractivity contribution in [2.45, 2.75) is 0 Å². The van der Waals surface area contributed by atoms with Crippen LogP contribution in [0.2, 0.25) is 0 Å². The van der Waals surface area contributed by atoms with Crippen molar-refractivity contribution in [1.29, 1.82) is 0 Å². The van der Waals surface area contributed by atoms with Crippen molar-refractivity contribution in [2.24, 2.45) is 0 Å². The van der Waals surface area contributed by atoms with Gasteiger partial charge in [-0.25, -0.2) is 0 Å². The molecule has 0 atom stereocenters. The molecule has 0 radical (unpaired) electrons. The van der Waals surface area contributed by atoms with Crippen molar-refractivity contribution in [3.05, 3.63) is 36.4 Å². The Bertz CT molecular complexity index is 401. The summed E-state index contributed by atoms with van der Waals surface area (Å²) in [5, 5.41) is 2.69. The van der Waals surface area contributed by atoms with Crippen molar-refractivity contribution in [3.63, 3.8) is 0 Å². The van der Waals surface area contributed by atoms with Crippen molar-refractivity contribution in [2.75, 3.05) is 13.3 Å². The van der Waals surface area contributed by atoms with E-state index in [1.807, 2.05) is 0 Å². The fraction of sp³-hybridized carbons (Fsp3) is 0.182. The number of rotatable bonds is 3. The highest BCUT2D eigenvalue weighted by atomic mass is 16.7. The Balaban J connectivity index is 2.24. The molecule has 0 saturated heterocycles. The standard InChI is InChI=1S/C11H11NO3/c1-2-6-12-11(13)8-4-3-5-9-10(8)15-7-14-9/h2-5H,1,6-7H2,(H,12,13). The quantitative estimate of drug-likeness (QED) is 0.757. The minimum Gasteiger partial charge on any atom is -0.454 e.